The Kier molecular flexibility index (Phi) is 3.61. The van der Waals surface area contributed by atoms with Crippen LogP contribution >= 0.6 is 15.9 Å². The van der Waals surface area contributed by atoms with Gasteiger partial charge in [0.05, 0.1) is 0 Å². The lowest BCUT2D eigenvalue weighted by Gasteiger charge is -2.56. The molecule has 0 spiro atoms. The molecule has 0 saturated heterocycles. The predicted molar refractivity (Wildman–Crippen MR) is 86.3 cm³/mol. The van der Waals surface area contributed by atoms with E-state index in [2.05, 4.69) is 15.9 Å². The molecule has 21 heavy (non-hydrogen) atoms. The second-order valence-corrected chi connectivity index (χ2v) is 8.53. The van der Waals surface area contributed by atoms with Crippen molar-refractivity contribution in [2.45, 2.75) is 44.6 Å². The zero-order valence-electron chi connectivity index (χ0n) is 12.3. The summed E-state index contributed by atoms with van der Waals surface area (Å²) >= 11 is 3.32. The molecule has 0 amide bonds. The molecule has 3 heteroatoms. The number of hydrogen-bond acceptors (Lipinski definition) is 1. The van der Waals surface area contributed by atoms with Gasteiger partial charge in [-0.2, -0.15) is 0 Å². The van der Waals surface area contributed by atoms with Crippen LogP contribution in [0.3, 0.4) is 0 Å². The molecule has 114 valence electrons. The van der Waals surface area contributed by atoms with Crippen LogP contribution in [-0.4, -0.2) is 6.04 Å². The maximum absolute atomic E-state index is 14.1. The first kappa shape index (κ1) is 14.2. The van der Waals surface area contributed by atoms with Crippen LogP contribution in [0.5, 0.6) is 0 Å². The molecule has 2 N–H and O–H groups in total. The number of hydrogen-bond donors (Lipinski definition) is 1. The summed E-state index contributed by atoms with van der Waals surface area (Å²) in [5.41, 5.74) is 7.34. The number of nitrogens with two attached hydrogens (primary N) is 1. The summed E-state index contributed by atoms with van der Waals surface area (Å²) in [7, 11) is 0. The van der Waals surface area contributed by atoms with Crippen LogP contribution in [0.15, 0.2) is 22.7 Å². The summed E-state index contributed by atoms with van der Waals surface area (Å²) in [6.07, 6.45) is 7.69. The summed E-state index contributed by atoms with van der Waals surface area (Å²) in [4.78, 5) is 0. The minimum absolute atomic E-state index is 0.121. The van der Waals surface area contributed by atoms with Gasteiger partial charge in [-0.05, 0) is 85.8 Å². The Balaban J connectivity index is 1.51. The van der Waals surface area contributed by atoms with Crippen molar-refractivity contribution in [1.29, 1.82) is 0 Å². The third kappa shape index (κ3) is 2.57. The lowest BCUT2D eigenvalue weighted by Crippen LogP contribution is -2.52. The molecule has 1 atom stereocenters. The second kappa shape index (κ2) is 5.34. The first-order valence-electron chi connectivity index (χ1n) is 8.29. The first-order valence-corrected chi connectivity index (χ1v) is 9.09. The van der Waals surface area contributed by atoms with Crippen LogP contribution in [-0.2, 0) is 6.42 Å². The molecule has 1 unspecified atom stereocenters. The Hall–Kier alpha value is -0.410. The molecule has 5 rings (SSSR count). The third-order valence-electron chi connectivity index (χ3n) is 6.26. The van der Waals surface area contributed by atoms with E-state index in [9.17, 15) is 4.39 Å². The van der Waals surface area contributed by atoms with Gasteiger partial charge in [0.15, 0.2) is 0 Å². The number of benzene rings is 1. The van der Waals surface area contributed by atoms with Gasteiger partial charge in [-0.3, -0.25) is 0 Å². The van der Waals surface area contributed by atoms with Crippen LogP contribution in [0.25, 0.3) is 0 Å². The highest BCUT2D eigenvalue weighted by molar-refractivity contribution is 9.10. The molecule has 4 fully saturated rings. The largest absolute Gasteiger partial charge is 0.327 e. The molecule has 0 heterocycles. The molecule has 1 aromatic carbocycles. The molecule has 4 aliphatic rings. The van der Waals surface area contributed by atoms with Crippen molar-refractivity contribution in [2.75, 3.05) is 0 Å². The second-order valence-electron chi connectivity index (χ2n) is 7.61. The highest BCUT2D eigenvalue weighted by Crippen LogP contribution is 2.57. The average molecular weight is 352 g/mol. The lowest BCUT2D eigenvalue weighted by molar-refractivity contribution is -0.0465. The normalized spacial score (nSPS) is 38.7. The van der Waals surface area contributed by atoms with Crippen molar-refractivity contribution >= 4 is 15.9 Å². The van der Waals surface area contributed by atoms with Crippen molar-refractivity contribution in [1.82, 2.24) is 0 Å². The van der Waals surface area contributed by atoms with E-state index in [4.69, 9.17) is 5.73 Å². The Morgan fingerprint density at radius 2 is 1.71 bits per heavy atom. The van der Waals surface area contributed by atoms with E-state index < -0.39 is 0 Å². The summed E-state index contributed by atoms with van der Waals surface area (Å²) in [5.74, 6) is 4.08. The summed E-state index contributed by atoms with van der Waals surface area (Å²) in [6.45, 7) is 0. The van der Waals surface area contributed by atoms with Gasteiger partial charge < -0.3 is 5.73 Å². The van der Waals surface area contributed by atoms with Crippen molar-refractivity contribution in [3.63, 3.8) is 0 Å². The first-order chi connectivity index (χ1) is 10.1. The van der Waals surface area contributed by atoms with Crippen molar-refractivity contribution < 1.29 is 4.39 Å². The number of halogens is 2. The van der Waals surface area contributed by atoms with Crippen LogP contribution in [0.2, 0.25) is 0 Å². The monoisotopic (exact) mass is 351 g/mol. The van der Waals surface area contributed by atoms with E-state index in [1.165, 1.54) is 32.1 Å². The fraction of sp³-hybridized carbons (Fsp3) is 0.667. The van der Waals surface area contributed by atoms with Crippen molar-refractivity contribution in [3.05, 3.63) is 34.1 Å². The topological polar surface area (TPSA) is 26.0 Å². The number of rotatable bonds is 3. The molecule has 4 bridgehead atoms. The Morgan fingerprint density at radius 1 is 1.10 bits per heavy atom. The van der Waals surface area contributed by atoms with Crippen LogP contribution in [0, 0.1) is 35.4 Å². The molecule has 1 nitrogen and oxygen atoms in total. The van der Waals surface area contributed by atoms with Crippen LogP contribution in [0.1, 0.15) is 37.7 Å². The van der Waals surface area contributed by atoms with Gasteiger partial charge >= 0.3 is 0 Å². The predicted octanol–water partition coefficient (Wildman–Crippen LogP) is 4.53. The standard InChI is InChI=1S/C18H23BrFN/c19-15-2-1-12(16(20)9-15)8-17(21)18-13-4-10-3-11(6-13)7-14(18)5-10/h1-2,9-11,13-14,17-18H,3-8,21H2. The highest BCUT2D eigenvalue weighted by Gasteiger charge is 2.49. The summed E-state index contributed by atoms with van der Waals surface area (Å²) in [6, 6.07) is 5.48. The molecule has 0 aliphatic heterocycles. The molecule has 4 saturated carbocycles. The van der Waals surface area contributed by atoms with E-state index in [-0.39, 0.29) is 11.9 Å². The SMILES string of the molecule is NC(Cc1ccc(Br)cc1F)C1C2CC3CC(C2)CC1C3. The molecule has 0 radical (unpaired) electrons. The Morgan fingerprint density at radius 3 is 2.29 bits per heavy atom. The van der Waals surface area contributed by atoms with Gasteiger partial charge in [-0.25, -0.2) is 4.39 Å². The fourth-order valence-corrected chi connectivity index (χ4v) is 6.08. The average Bonchev–Trinajstić information content (AvgIpc) is 2.40. The maximum atomic E-state index is 14.1. The Bertz CT molecular complexity index is 516. The lowest BCUT2D eigenvalue weighted by atomic mass is 9.50. The minimum Gasteiger partial charge on any atom is -0.327 e. The molecule has 4 aliphatic carbocycles. The van der Waals surface area contributed by atoms with E-state index >= 15 is 0 Å². The van der Waals surface area contributed by atoms with E-state index in [1.807, 2.05) is 12.1 Å². The smallest absolute Gasteiger partial charge is 0.127 e. The van der Waals surface area contributed by atoms with E-state index in [1.54, 1.807) is 6.07 Å². The highest BCUT2D eigenvalue weighted by atomic mass is 79.9. The van der Waals surface area contributed by atoms with Crippen LogP contribution < -0.4 is 5.73 Å². The van der Waals surface area contributed by atoms with Gasteiger partial charge in [0.2, 0.25) is 0 Å². The zero-order valence-corrected chi connectivity index (χ0v) is 13.9. The van der Waals surface area contributed by atoms with Gasteiger partial charge in [0.25, 0.3) is 0 Å². The third-order valence-corrected chi connectivity index (χ3v) is 6.76. The van der Waals surface area contributed by atoms with E-state index in [0.717, 1.165) is 33.7 Å². The van der Waals surface area contributed by atoms with E-state index in [0.29, 0.717) is 12.3 Å². The van der Waals surface area contributed by atoms with Crippen LogP contribution in [0.4, 0.5) is 4.39 Å². The van der Waals surface area contributed by atoms with Gasteiger partial charge in [-0.1, -0.05) is 22.0 Å². The molecular formula is C18H23BrFN. The summed E-state index contributed by atoms with van der Waals surface area (Å²) in [5, 5.41) is 0. The van der Waals surface area contributed by atoms with Crippen molar-refractivity contribution in [2.24, 2.45) is 35.3 Å². The van der Waals surface area contributed by atoms with Gasteiger partial charge in [0.1, 0.15) is 5.82 Å². The molecular weight excluding hydrogens is 329 g/mol. The zero-order chi connectivity index (χ0) is 14.6. The fourth-order valence-electron chi connectivity index (χ4n) is 5.74. The maximum Gasteiger partial charge on any atom is 0.127 e. The molecule has 0 aromatic heterocycles. The minimum atomic E-state index is -0.122. The van der Waals surface area contributed by atoms with Gasteiger partial charge in [-0.15, -0.1) is 0 Å². The summed E-state index contributed by atoms with van der Waals surface area (Å²) < 4.78 is 14.8. The van der Waals surface area contributed by atoms with Crippen molar-refractivity contribution in [3.8, 4) is 0 Å². The quantitative estimate of drug-likeness (QED) is 0.850. The molecule has 1 aromatic rings. The Labute approximate surface area is 134 Å². The van der Waals surface area contributed by atoms with Gasteiger partial charge in [0, 0.05) is 10.5 Å².